The van der Waals surface area contributed by atoms with Gasteiger partial charge in [0.05, 0.1) is 18.8 Å². The first-order valence-electron chi connectivity index (χ1n) is 5.98. The van der Waals surface area contributed by atoms with Crippen molar-refractivity contribution >= 4 is 11.6 Å². The number of anilines is 1. The minimum absolute atomic E-state index is 0.236. The van der Waals surface area contributed by atoms with Gasteiger partial charge in [0.2, 0.25) is 0 Å². The van der Waals surface area contributed by atoms with E-state index in [4.69, 9.17) is 10.5 Å². The minimum atomic E-state index is -0.515. The van der Waals surface area contributed by atoms with Gasteiger partial charge in [-0.15, -0.1) is 0 Å². The number of carbonyl (C=O) groups is 1. The Bertz CT molecular complexity index is 407. The Labute approximate surface area is 107 Å². The van der Waals surface area contributed by atoms with Crippen molar-refractivity contribution < 1.29 is 14.6 Å². The van der Waals surface area contributed by atoms with Gasteiger partial charge in [-0.3, -0.25) is 4.79 Å². The normalized spacial score (nSPS) is 11.9. The first kappa shape index (κ1) is 14.3. The Morgan fingerprint density at radius 3 is 2.89 bits per heavy atom. The molecule has 1 atom stereocenters. The molecule has 0 aromatic heterocycles. The van der Waals surface area contributed by atoms with E-state index < -0.39 is 6.10 Å². The molecule has 100 valence electrons. The predicted octanol–water partition coefficient (Wildman–Crippen LogP) is 1.17. The molecule has 0 aliphatic rings. The highest BCUT2D eigenvalue weighted by Crippen LogP contribution is 2.21. The Hall–Kier alpha value is -1.75. The van der Waals surface area contributed by atoms with Crippen LogP contribution in [0, 0.1) is 0 Å². The first-order chi connectivity index (χ1) is 8.58. The van der Waals surface area contributed by atoms with Crippen molar-refractivity contribution in [3.63, 3.8) is 0 Å². The summed E-state index contributed by atoms with van der Waals surface area (Å²) in [5, 5.41) is 12.2. The van der Waals surface area contributed by atoms with Gasteiger partial charge in [0, 0.05) is 18.3 Å². The minimum Gasteiger partial charge on any atom is -0.496 e. The van der Waals surface area contributed by atoms with Crippen molar-refractivity contribution in [3.05, 3.63) is 23.8 Å². The number of aliphatic hydroxyl groups is 1. The van der Waals surface area contributed by atoms with Crippen LogP contribution in [-0.4, -0.2) is 30.8 Å². The highest BCUT2D eigenvalue weighted by molar-refractivity contribution is 5.97. The number of hydrogen-bond acceptors (Lipinski definition) is 4. The molecule has 0 heterocycles. The number of methoxy groups -OCH3 is 1. The van der Waals surface area contributed by atoms with E-state index in [1.54, 1.807) is 18.2 Å². The largest absolute Gasteiger partial charge is 0.496 e. The summed E-state index contributed by atoms with van der Waals surface area (Å²) in [5.41, 5.74) is 6.56. The maximum Gasteiger partial charge on any atom is 0.255 e. The monoisotopic (exact) mass is 252 g/mol. The van der Waals surface area contributed by atoms with Crippen LogP contribution in [0.15, 0.2) is 18.2 Å². The van der Waals surface area contributed by atoms with E-state index in [0.29, 0.717) is 23.4 Å². The van der Waals surface area contributed by atoms with Gasteiger partial charge in [0.25, 0.3) is 5.91 Å². The van der Waals surface area contributed by atoms with Gasteiger partial charge >= 0.3 is 0 Å². The Morgan fingerprint density at radius 2 is 2.28 bits per heavy atom. The zero-order valence-corrected chi connectivity index (χ0v) is 10.8. The number of amides is 1. The highest BCUT2D eigenvalue weighted by atomic mass is 16.5. The lowest BCUT2D eigenvalue weighted by Gasteiger charge is -2.12. The van der Waals surface area contributed by atoms with Gasteiger partial charge in [-0.25, -0.2) is 0 Å². The number of ether oxygens (including phenoxy) is 1. The predicted molar refractivity (Wildman–Crippen MR) is 70.7 cm³/mol. The number of carbonyl (C=O) groups excluding carboxylic acids is 1. The van der Waals surface area contributed by atoms with Crippen LogP contribution < -0.4 is 15.8 Å². The molecule has 5 nitrogen and oxygen atoms in total. The second-order valence-corrected chi connectivity index (χ2v) is 4.11. The fraction of sp³-hybridized carbons (Fsp3) is 0.462. The molecule has 5 heteroatoms. The standard InChI is InChI=1S/C13H20N2O3/c1-3-4-10(16)8-15-13(17)11-6-5-9(14)7-12(11)18-2/h5-7,10,16H,3-4,8,14H2,1-2H3,(H,15,17). The zero-order valence-electron chi connectivity index (χ0n) is 10.8. The van der Waals surface area contributed by atoms with Gasteiger partial charge < -0.3 is 20.9 Å². The molecule has 1 amide bonds. The summed E-state index contributed by atoms with van der Waals surface area (Å²) in [6, 6.07) is 4.84. The third kappa shape index (κ3) is 3.92. The second kappa shape index (κ2) is 6.86. The van der Waals surface area contributed by atoms with E-state index >= 15 is 0 Å². The Balaban J connectivity index is 2.66. The molecule has 1 aromatic rings. The quantitative estimate of drug-likeness (QED) is 0.663. The summed E-state index contributed by atoms with van der Waals surface area (Å²) in [4.78, 5) is 11.9. The third-order valence-corrected chi connectivity index (χ3v) is 2.59. The average molecular weight is 252 g/mol. The maximum atomic E-state index is 11.9. The molecule has 1 unspecified atom stereocenters. The van der Waals surface area contributed by atoms with E-state index in [0.717, 1.165) is 6.42 Å². The second-order valence-electron chi connectivity index (χ2n) is 4.11. The maximum absolute atomic E-state index is 11.9. The Kier molecular flexibility index (Phi) is 5.45. The fourth-order valence-corrected chi connectivity index (χ4v) is 1.64. The van der Waals surface area contributed by atoms with Crippen LogP contribution in [-0.2, 0) is 0 Å². The summed E-state index contributed by atoms with van der Waals surface area (Å²) in [5.74, 6) is 0.152. The lowest BCUT2D eigenvalue weighted by Crippen LogP contribution is -2.32. The molecule has 0 aliphatic heterocycles. The molecule has 1 aromatic carbocycles. The van der Waals surface area contributed by atoms with Gasteiger partial charge in [0.15, 0.2) is 0 Å². The van der Waals surface area contributed by atoms with E-state index in [9.17, 15) is 9.90 Å². The molecule has 18 heavy (non-hydrogen) atoms. The SMILES string of the molecule is CCCC(O)CNC(=O)c1ccc(N)cc1OC. The van der Waals surface area contributed by atoms with Crippen LogP contribution in [0.4, 0.5) is 5.69 Å². The fourth-order valence-electron chi connectivity index (χ4n) is 1.64. The third-order valence-electron chi connectivity index (χ3n) is 2.59. The number of nitrogens with one attached hydrogen (secondary N) is 1. The lowest BCUT2D eigenvalue weighted by molar-refractivity contribution is 0.0907. The molecule has 1 rings (SSSR count). The summed E-state index contributed by atoms with van der Waals surface area (Å²) in [6.07, 6.45) is 1.03. The van der Waals surface area contributed by atoms with Crippen LogP contribution in [0.2, 0.25) is 0 Å². The summed E-state index contributed by atoms with van der Waals surface area (Å²) in [7, 11) is 1.48. The number of nitrogen functional groups attached to an aromatic ring is 1. The number of benzene rings is 1. The average Bonchev–Trinajstić information content (AvgIpc) is 2.36. The molecule has 0 bridgehead atoms. The topological polar surface area (TPSA) is 84.6 Å². The van der Waals surface area contributed by atoms with Crippen LogP contribution in [0.1, 0.15) is 30.1 Å². The molecule has 0 fully saturated rings. The van der Waals surface area contributed by atoms with E-state index in [-0.39, 0.29) is 12.5 Å². The van der Waals surface area contributed by atoms with E-state index in [2.05, 4.69) is 5.32 Å². The zero-order chi connectivity index (χ0) is 13.5. The van der Waals surface area contributed by atoms with Gasteiger partial charge in [-0.05, 0) is 18.6 Å². The lowest BCUT2D eigenvalue weighted by atomic mass is 10.1. The van der Waals surface area contributed by atoms with Crippen LogP contribution in [0.3, 0.4) is 0 Å². The van der Waals surface area contributed by atoms with Crippen molar-refractivity contribution in [2.45, 2.75) is 25.9 Å². The van der Waals surface area contributed by atoms with Crippen LogP contribution in [0.5, 0.6) is 5.75 Å². The van der Waals surface area contributed by atoms with Crippen molar-refractivity contribution in [3.8, 4) is 5.75 Å². The smallest absolute Gasteiger partial charge is 0.255 e. The van der Waals surface area contributed by atoms with E-state index in [1.807, 2.05) is 6.92 Å². The van der Waals surface area contributed by atoms with Crippen molar-refractivity contribution in [1.29, 1.82) is 0 Å². The number of hydrogen-bond donors (Lipinski definition) is 3. The molecular weight excluding hydrogens is 232 g/mol. The van der Waals surface area contributed by atoms with Crippen LogP contribution >= 0.6 is 0 Å². The van der Waals surface area contributed by atoms with Crippen molar-refractivity contribution in [2.75, 3.05) is 19.4 Å². The molecule has 0 radical (unpaired) electrons. The van der Waals surface area contributed by atoms with Crippen LogP contribution in [0.25, 0.3) is 0 Å². The molecule has 0 saturated carbocycles. The van der Waals surface area contributed by atoms with Gasteiger partial charge in [0.1, 0.15) is 5.75 Å². The summed E-state index contributed by atoms with van der Waals surface area (Å²) in [6.45, 7) is 2.22. The summed E-state index contributed by atoms with van der Waals surface area (Å²) < 4.78 is 5.10. The van der Waals surface area contributed by atoms with Crippen molar-refractivity contribution in [2.24, 2.45) is 0 Å². The molecule has 0 spiro atoms. The molecule has 4 N–H and O–H groups in total. The number of aliphatic hydroxyl groups excluding tert-OH is 1. The van der Waals surface area contributed by atoms with Gasteiger partial charge in [-0.1, -0.05) is 13.3 Å². The molecule has 0 saturated heterocycles. The van der Waals surface area contributed by atoms with Crippen molar-refractivity contribution in [1.82, 2.24) is 5.32 Å². The van der Waals surface area contributed by atoms with Gasteiger partial charge in [-0.2, -0.15) is 0 Å². The van der Waals surface area contributed by atoms with E-state index in [1.165, 1.54) is 7.11 Å². The molecular formula is C13H20N2O3. The first-order valence-corrected chi connectivity index (χ1v) is 5.98. The summed E-state index contributed by atoms with van der Waals surface area (Å²) >= 11 is 0. The highest BCUT2D eigenvalue weighted by Gasteiger charge is 2.13. The number of rotatable bonds is 6. The molecule has 0 aliphatic carbocycles. The Morgan fingerprint density at radius 1 is 1.56 bits per heavy atom. The number of nitrogens with two attached hydrogens (primary N) is 1.